The first kappa shape index (κ1) is 17.5. The van der Waals surface area contributed by atoms with E-state index in [2.05, 4.69) is 23.7 Å². The monoisotopic (exact) mass is 332 g/mol. The second kappa shape index (κ2) is 7.62. The molecule has 0 aliphatic carbocycles. The Bertz CT molecular complexity index is 647. The third-order valence-electron chi connectivity index (χ3n) is 3.92. The van der Waals surface area contributed by atoms with E-state index in [9.17, 15) is 10.2 Å². The summed E-state index contributed by atoms with van der Waals surface area (Å²) in [6.45, 7) is 7.96. The van der Waals surface area contributed by atoms with Crippen molar-refractivity contribution in [2.75, 3.05) is 24.5 Å². The number of anilines is 1. The number of thiophene rings is 1. The van der Waals surface area contributed by atoms with Crippen LogP contribution < -0.4 is 4.90 Å². The maximum absolute atomic E-state index is 10.4. The summed E-state index contributed by atoms with van der Waals surface area (Å²) >= 11 is 1.55. The van der Waals surface area contributed by atoms with Gasteiger partial charge in [-0.3, -0.25) is 4.99 Å². The maximum Gasteiger partial charge on any atom is 0.126 e. The molecule has 4 nitrogen and oxygen atoms in total. The average molecular weight is 332 g/mol. The second-order valence-corrected chi connectivity index (χ2v) is 6.45. The van der Waals surface area contributed by atoms with E-state index in [1.54, 1.807) is 30.5 Å². The highest BCUT2D eigenvalue weighted by atomic mass is 32.1. The van der Waals surface area contributed by atoms with E-state index < -0.39 is 5.60 Å². The third-order valence-corrected chi connectivity index (χ3v) is 4.60. The smallest absolute Gasteiger partial charge is 0.126 e. The predicted molar refractivity (Wildman–Crippen MR) is 98.0 cm³/mol. The van der Waals surface area contributed by atoms with Gasteiger partial charge in [0.15, 0.2) is 0 Å². The van der Waals surface area contributed by atoms with Crippen molar-refractivity contribution in [1.29, 1.82) is 0 Å². The Morgan fingerprint density at radius 2 is 2.00 bits per heavy atom. The van der Waals surface area contributed by atoms with E-state index in [0.29, 0.717) is 5.56 Å². The molecular formula is C18H24N2O2S. The van der Waals surface area contributed by atoms with Crippen molar-refractivity contribution in [3.63, 3.8) is 0 Å². The first-order valence-electron chi connectivity index (χ1n) is 7.80. The lowest BCUT2D eigenvalue weighted by Crippen LogP contribution is -2.24. The average Bonchev–Trinajstić information content (AvgIpc) is 3.06. The summed E-state index contributed by atoms with van der Waals surface area (Å²) in [5.41, 5.74) is 1.52. The van der Waals surface area contributed by atoms with Crippen molar-refractivity contribution in [2.45, 2.75) is 26.4 Å². The van der Waals surface area contributed by atoms with E-state index in [-0.39, 0.29) is 12.3 Å². The zero-order valence-corrected chi connectivity index (χ0v) is 14.7. The number of aliphatic hydroxyl groups is 1. The Balaban J connectivity index is 2.08. The molecule has 0 bridgehead atoms. The van der Waals surface area contributed by atoms with E-state index in [0.717, 1.165) is 24.3 Å². The fourth-order valence-corrected chi connectivity index (χ4v) is 3.19. The van der Waals surface area contributed by atoms with Crippen LogP contribution in [0.1, 0.15) is 31.9 Å². The quantitative estimate of drug-likeness (QED) is 0.761. The van der Waals surface area contributed by atoms with Crippen LogP contribution in [-0.2, 0) is 5.60 Å². The number of benzene rings is 1. The van der Waals surface area contributed by atoms with Crippen molar-refractivity contribution in [3.05, 3.63) is 46.2 Å². The van der Waals surface area contributed by atoms with Gasteiger partial charge in [-0.2, -0.15) is 11.3 Å². The van der Waals surface area contributed by atoms with Gasteiger partial charge in [-0.25, -0.2) is 0 Å². The minimum Gasteiger partial charge on any atom is -0.507 e. The van der Waals surface area contributed by atoms with Gasteiger partial charge in [0.2, 0.25) is 0 Å². The van der Waals surface area contributed by atoms with Crippen LogP contribution in [0.4, 0.5) is 5.69 Å². The van der Waals surface area contributed by atoms with Crippen LogP contribution in [-0.4, -0.2) is 36.1 Å². The minimum atomic E-state index is -0.993. The molecule has 1 aromatic heterocycles. The van der Waals surface area contributed by atoms with Gasteiger partial charge in [0.1, 0.15) is 11.4 Å². The molecule has 0 saturated heterocycles. The highest BCUT2D eigenvalue weighted by Gasteiger charge is 2.22. The van der Waals surface area contributed by atoms with Gasteiger partial charge < -0.3 is 15.1 Å². The molecule has 2 aromatic rings. The lowest BCUT2D eigenvalue weighted by molar-refractivity contribution is 0.0680. The molecule has 5 heteroatoms. The molecule has 124 valence electrons. The molecular weight excluding hydrogens is 308 g/mol. The van der Waals surface area contributed by atoms with Gasteiger partial charge in [-0.1, -0.05) is 0 Å². The second-order valence-electron chi connectivity index (χ2n) is 5.67. The molecule has 0 spiro atoms. The van der Waals surface area contributed by atoms with Crippen molar-refractivity contribution >= 4 is 23.2 Å². The van der Waals surface area contributed by atoms with Gasteiger partial charge in [-0.05, 0) is 55.3 Å². The van der Waals surface area contributed by atoms with Crippen LogP contribution >= 0.6 is 11.3 Å². The number of aliphatic imine (C=N–C) groups is 1. The topological polar surface area (TPSA) is 56.1 Å². The van der Waals surface area contributed by atoms with Crippen LogP contribution in [0.5, 0.6) is 5.75 Å². The molecule has 1 atom stereocenters. The first-order chi connectivity index (χ1) is 11.0. The van der Waals surface area contributed by atoms with Gasteiger partial charge in [0.25, 0.3) is 0 Å². The molecule has 0 aliphatic heterocycles. The van der Waals surface area contributed by atoms with Crippen LogP contribution in [0.25, 0.3) is 0 Å². The molecule has 0 aliphatic rings. The summed E-state index contributed by atoms with van der Waals surface area (Å²) in [7, 11) is 0. The number of phenols is 1. The fourth-order valence-electron chi connectivity index (χ4n) is 2.41. The highest BCUT2D eigenvalue weighted by Crippen LogP contribution is 2.25. The lowest BCUT2D eigenvalue weighted by Gasteiger charge is -2.21. The molecule has 23 heavy (non-hydrogen) atoms. The number of aromatic hydroxyl groups is 1. The fraction of sp³-hybridized carbons (Fsp3) is 0.389. The molecule has 0 radical (unpaired) electrons. The summed E-state index contributed by atoms with van der Waals surface area (Å²) in [4.78, 5) is 6.47. The van der Waals surface area contributed by atoms with E-state index in [1.807, 2.05) is 29.0 Å². The Morgan fingerprint density at radius 1 is 1.26 bits per heavy atom. The van der Waals surface area contributed by atoms with Crippen molar-refractivity contribution in [2.24, 2.45) is 4.99 Å². The van der Waals surface area contributed by atoms with Crippen LogP contribution in [0, 0.1) is 0 Å². The molecule has 1 unspecified atom stereocenters. The summed E-state index contributed by atoms with van der Waals surface area (Å²) in [5.74, 6) is 0.202. The molecule has 0 fully saturated rings. The Labute approximate surface area is 141 Å². The summed E-state index contributed by atoms with van der Waals surface area (Å²) in [5, 5.41) is 24.5. The molecule has 0 saturated carbocycles. The van der Waals surface area contributed by atoms with Crippen LogP contribution in [0.15, 0.2) is 40.0 Å². The van der Waals surface area contributed by atoms with Crippen molar-refractivity contribution in [3.8, 4) is 5.75 Å². The predicted octanol–water partition coefficient (Wildman–Crippen LogP) is 3.63. The Morgan fingerprint density at radius 3 is 2.57 bits per heavy atom. The number of hydrogen-bond donors (Lipinski definition) is 2. The third kappa shape index (κ3) is 4.33. The first-order valence-corrected chi connectivity index (χ1v) is 8.75. The van der Waals surface area contributed by atoms with E-state index >= 15 is 0 Å². The highest BCUT2D eigenvalue weighted by molar-refractivity contribution is 7.08. The molecule has 2 N–H and O–H groups in total. The molecule has 1 aromatic carbocycles. The van der Waals surface area contributed by atoms with Gasteiger partial charge in [0.05, 0.1) is 6.54 Å². The standard InChI is InChI=1S/C18H24N2O2S/c1-4-20(5-2)16-7-6-14(17(21)10-16)11-19-13-18(3,22)15-8-9-23-12-15/h6-12,21-22H,4-5,13H2,1-3H3. The van der Waals surface area contributed by atoms with Crippen LogP contribution in [0.2, 0.25) is 0 Å². The summed E-state index contributed by atoms with van der Waals surface area (Å²) < 4.78 is 0. The zero-order valence-electron chi connectivity index (χ0n) is 13.9. The minimum absolute atomic E-state index is 0.202. The zero-order chi connectivity index (χ0) is 16.9. The number of rotatable bonds is 7. The maximum atomic E-state index is 10.4. The Hall–Kier alpha value is -1.85. The van der Waals surface area contributed by atoms with Gasteiger partial charge in [-0.15, -0.1) is 0 Å². The van der Waals surface area contributed by atoms with Crippen molar-refractivity contribution in [1.82, 2.24) is 0 Å². The van der Waals surface area contributed by atoms with E-state index in [1.165, 1.54) is 0 Å². The summed E-state index contributed by atoms with van der Waals surface area (Å²) in [6, 6.07) is 7.48. The molecule has 1 heterocycles. The largest absolute Gasteiger partial charge is 0.507 e. The Kier molecular flexibility index (Phi) is 5.80. The lowest BCUT2D eigenvalue weighted by atomic mass is 10.00. The van der Waals surface area contributed by atoms with Crippen molar-refractivity contribution < 1.29 is 10.2 Å². The normalized spacial score (nSPS) is 14.1. The van der Waals surface area contributed by atoms with Gasteiger partial charge >= 0.3 is 0 Å². The van der Waals surface area contributed by atoms with Crippen LogP contribution in [0.3, 0.4) is 0 Å². The number of hydrogen-bond acceptors (Lipinski definition) is 5. The van der Waals surface area contributed by atoms with E-state index in [4.69, 9.17) is 0 Å². The van der Waals surface area contributed by atoms with Gasteiger partial charge in [0, 0.05) is 36.6 Å². The molecule has 0 amide bonds. The number of phenolic OH excluding ortho intramolecular Hbond substituents is 1. The molecule has 2 rings (SSSR count). The summed E-state index contributed by atoms with van der Waals surface area (Å²) in [6.07, 6.45) is 1.61. The SMILES string of the molecule is CCN(CC)c1ccc(C=NCC(C)(O)c2ccsc2)c(O)c1. The number of nitrogens with zero attached hydrogens (tertiary/aromatic N) is 2.